The van der Waals surface area contributed by atoms with Gasteiger partial charge in [0.1, 0.15) is 0 Å². The number of rotatable bonds is 6. The van der Waals surface area contributed by atoms with E-state index in [1.807, 2.05) is 30.3 Å². The summed E-state index contributed by atoms with van der Waals surface area (Å²) in [5, 5.41) is 11.4. The van der Waals surface area contributed by atoms with Gasteiger partial charge in [0.15, 0.2) is 11.5 Å². The summed E-state index contributed by atoms with van der Waals surface area (Å²) >= 11 is 5.97. The molecule has 2 aromatic carbocycles. The van der Waals surface area contributed by atoms with Crippen LogP contribution in [0.15, 0.2) is 42.5 Å². The van der Waals surface area contributed by atoms with Crippen LogP contribution in [0.25, 0.3) is 0 Å². The van der Waals surface area contributed by atoms with Gasteiger partial charge in [0.2, 0.25) is 6.79 Å². The van der Waals surface area contributed by atoms with Crippen LogP contribution in [-0.4, -0.2) is 29.4 Å². The van der Waals surface area contributed by atoms with Gasteiger partial charge in [-0.1, -0.05) is 42.6 Å². The first-order valence-electron chi connectivity index (χ1n) is 9.25. The highest BCUT2D eigenvalue weighted by Crippen LogP contribution is 2.34. The average Bonchev–Trinajstić information content (AvgIpc) is 3.33. The van der Waals surface area contributed by atoms with Crippen LogP contribution >= 0.6 is 11.6 Å². The molecule has 138 valence electrons. The van der Waals surface area contributed by atoms with E-state index >= 15 is 0 Å². The molecule has 26 heavy (non-hydrogen) atoms. The zero-order valence-electron chi connectivity index (χ0n) is 14.7. The number of aliphatic hydroxyl groups excluding tert-OH is 1. The zero-order valence-corrected chi connectivity index (χ0v) is 15.5. The molecule has 0 amide bonds. The summed E-state index contributed by atoms with van der Waals surface area (Å²) in [5.74, 6) is 1.62. The lowest BCUT2D eigenvalue weighted by Crippen LogP contribution is -2.36. The monoisotopic (exact) mass is 373 g/mol. The fourth-order valence-corrected chi connectivity index (χ4v) is 4.02. The Bertz CT molecular complexity index is 743. The third-order valence-corrected chi connectivity index (χ3v) is 5.58. The summed E-state index contributed by atoms with van der Waals surface area (Å²) in [6.45, 7) is 1.70. The van der Waals surface area contributed by atoms with Gasteiger partial charge in [0.05, 0.1) is 6.10 Å². The van der Waals surface area contributed by atoms with Gasteiger partial charge in [-0.2, -0.15) is 0 Å². The molecule has 1 atom stereocenters. The van der Waals surface area contributed by atoms with Crippen molar-refractivity contribution < 1.29 is 14.6 Å². The molecule has 1 saturated carbocycles. The molecule has 4 rings (SSSR count). The topological polar surface area (TPSA) is 41.9 Å². The van der Waals surface area contributed by atoms with Crippen LogP contribution in [0, 0.1) is 0 Å². The van der Waals surface area contributed by atoms with E-state index in [1.165, 1.54) is 31.2 Å². The summed E-state index contributed by atoms with van der Waals surface area (Å²) in [6.07, 6.45) is 4.39. The number of benzene rings is 2. The highest BCUT2D eigenvalue weighted by Gasteiger charge is 2.26. The van der Waals surface area contributed by atoms with Crippen molar-refractivity contribution >= 4 is 11.6 Å². The van der Waals surface area contributed by atoms with E-state index in [0.29, 0.717) is 24.4 Å². The lowest BCUT2D eigenvalue weighted by atomic mass is 10.1. The van der Waals surface area contributed by atoms with Gasteiger partial charge in [0, 0.05) is 24.2 Å². The van der Waals surface area contributed by atoms with E-state index in [2.05, 4.69) is 17.0 Å². The second kappa shape index (κ2) is 7.87. The molecule has 1 heterocycles. The summed E-state index contributed by atoms with van der Waals surface area (Å²) in [4.78, 5) is 2.41. The van der Waals surface area contributed by atoms with E-state index in [9.17, 15) is 5.11 Å². The number of halogens is 1. The Morgan fingerprint density at radius 1 is 1.04 bits per heavy atom. The van der Waals surface area contributed by atoms with Crippen molar-refractivity contribution in [2.24, 2.45) is 0 Å². The molecule has 0 bridgehead atoms. The fourth-order valence-electron chi connectivity index (χ4n) is 3.90. The van der Waals surface area contributed by atoms with Crippen molar-refractivity contribution in [3.05, 3.63) is 58.6 Å². The molecule has 2 aliphatic rings. The molecule has 1 aliphatic carbocycles. The van der Waals surface area contributed by atoms with E-state index in [4.69, 9.17) is 21.1 Å². The second-order valence-electron chi connectivity index (χ2n) is 7.12. The third kappa shape index (κ3) is 3.98. The van der Waals surface area contributed by atoms with Crippen molar-refractivity contribution in [3.63, 3.8) is 0 Å². The maximum Gasteiger partial charge on any atom is 0.231 e. The van der Waals surface area contributed by atoms with Gasteiger partial charge in [-0.15, -0.1) is 0 Å². The van der Waals surface area contributed by atoms with Crippen LogP contribution in [0.4, 0.5) is 0 Å². The predicted molar refractivity (Wildman–Crippen MR) is 102 cm³/mol. The van der Waals surface area contributed by atoms with Crippen LogP contribution < -0.4 is 9.47 Å². The molecule has 2 aromatic rings. The van der Waals surface area contributed by atoms with Gasteiger partial charge in [0.25, 0.3) is 0 Å². The summed E-state index contributed by atoms with van der Waals surface area (Å²) in [6, 6.07) is 14.1. The summed E-state index contributed by atoms with van der Waals surface area (Å²) < 4.78 is 10.9. The zero-order chi connectivity index (χ0) is 17.9. The summed E-state index contributed by atoms with van der Waals surface area (Å²) in [7, 11) is 0. The maximum absolute atomic E-state index is 10.7. The SMILES string of the molecule is OC(CN(Cc1ccc2c(c1)OCO2)C1CCCC1)c1ccc(Cl)cc1. The van der Waals surface area contributed by atoms with E-state index in [-0.39, 0.29) is 0 Å². The van der Waals surface area contributed by atoms with Crippen LogP contribution in [0.5, 0.6) is 11.5 Å². The number of fused-ring (bicyclic) bond motifs is 1. The molecule has 0 radical (unpaired) electrons. The first-order chi connectivity index (χ1) is 12.7. The molecule has 4 nitrogen and oxygen atoms in total. The molecule has 0 spiro atoms. The first-order valence-corrected chi connectivity index (χ1v) is 9.63. The summed E-state index contributed by atoms with van der Waals surface area (Å²) in [5.41, 5.74) is 2.09. The van der Waals surface area contributed by atoms with Crippen LogP contribution in [0.1, 0.15) is 42.9 Å². The minimum atomic E-state index is -0.526. The van der Waals surface area contributed by atoms with Crippen LogP contribution in [0.2, 0.25) is 5.02 Å². The number of aliphatic hydroxyl groups is 1. The van der Waals surface area contributed by atoms with Gasteiger partial charge in [-0.3, -0.25) is 4.90 Å². The Morgan fingerprint density at radius 3 is 2.54 bits per heavy atom. The smallest absolute Gasteiger partial charge is 0.231 e. The number of ether oxygens (including phenoxy) is 2. The normalized spacial score (nSPS) is 17.8. The number of hydrogen-bond acceptors (Lipinski definition) is 4. The van der Waals surface area contributed by atoms with Crippen molar-refractivity contribution in [3.8, 4) is 11.5 Å². The number of nitrogens with zero attached hydrogens (tertiary/aromatic N) is 1. The lowest BCUT2D eigenvalue weighted by Gasteiger charge is -2.31. The molecule has 5 heteroatoms. The minimum absolute atomic E-state index is 0.292. The standard InChI is InChI=1S/C21H24ClNO3/c22-17-8-6-16(7-9-17)19(24)13-23(18-3-1-2-4-18)12-15-5-10-20-21(11-15)26-14-25-20/h5-11,18-19,24H,1-4,12-14H2. The quantitative estimate of drug-likeness (QED) is 0.806. The van der Waals surface area contributed by atoms with E-state index in [0.717, 1.165) is 23.6 Å². The molecular formula is C21H24ClNO3. The Labute approximate surface area is 159 Å². The van der Waals surface area contributed by atoms with Crippen LogP contribution in [-0.2, 0) is 6.54 Å². The largest absolute Gasteiger partial charge is 0.454 e. The van der Waals surface area contributed by atoms with Gasteiger partial charge < -0.3 is 14.6 Å². The van der Waals surface area contributed by atoms with Gasteiger partial charge >= 0.3 is 0 Å². The Hall–Kier alpha value is -1.75. The Balaban J connectivity index is 1.49. The van der Waals surface area contributed by atoms with Gasteiger partial charge in [-0.25, -0.2) is 0 Å². The molecule has 0 saturated heterocycles. The highest BCUT2D eigenvalue weighted by molar-refractivity contribution is 6.30. The first kappa shape index (κ1) is 17.7. The van der Waals surface area contributed by atoms with Crippen molar-refractivity contribution in [1.82, 2.24) is 4.90 Å². The van der Waals surface area contributed by atoms with Crippen LogP contribution in [0.3, 0.4) is 0 Å². The van der Waals surface area contributed by atoms with E-state index in [1.54, 1.807) is 0 Å². The molecule has 1 N–H and O–H groups in total. The second-order valence-corrected chi connectivity index (χ2v) is 7.56. The highest BCUT2D eigenvalue weighted by atomic mass is 35.5. The molecule has 0 aromatic heterocycles. The van der Waals surface area contributed by atoms with Crippen molar-refractivity contribution in [1.29, 1.82) is 0 Å². The maximum atomic E-state index is 10.7. The van der Waals surface area contributed by atoms with Crippen molar-refractivity contribution in [2.75, 3.05) is 13.3 Å². The number of hydrogen-bond donors (Lipinski definition) is 1. The van der Waals surface area contributed by atoms with Crippen molar-refractivity contribution in [2.45, 2.75) is 44.4 Å². The molecule has 1 aliphatic heterocycles. The van der Waals surface area contributed by atoms with E-state index < -0.39 is 6.10 Å². The molecular weight excluding hydrogens is 350 g/mol. The Kier molecular flexibility index (Phi) is 5.34. The molecule has 1 unspecified atom stereocenters. The third-order valence-electron chi connectivity index (χ3n) is 5.33. The molecule has 1 fully saturated rings. The lowest BCUT2D eigenvalue weighted by molar-refractivity contribution is 0.0826. The fraction of sp³-hybridized carbons (Fsp3) is 0.429. The predicted octanol–water partition coefficient (Wildman–Crippen LogP) is 4.55. The Morgan fingerprint density at radius 2 is 1.77 bits per heavy atom. The minimum Gasteiger partial charge on any atom is -0.454 e. The average molecular weight is 374 g/mol. The van der Waals surface area contributed by atoms with Gasteiger partial charge in [-0.05, 0) is 48.2 Å².